The molecule has 0 aliphatic carbocycles. The van der Waals surface area contributed by atoms with Gasteiger partial charge in [0.1, 0.15) is 5.03 Å². The third-order valence-electron chi connectivity index (χ3n) is 3.35. The zero-order valence-corrected chi connectivity index (χ0v) is 14.2. The van der Waals surface area contributed by atoms with Crippen LogP contribution in [0.15, 0.2) is 11.2 Å². The molecule has 0 saturated carbocycles. The van der Waals surface area contributed by atoms with Gasteiger partial charge < -0.3 is 5.32 Å². The number of aromatic nitrogens is 5. The van der Waals surface area contributed by atoms with Crippen molar-refractivity contribution >= 4 is 23.5 Å². The first-order valence-electron chi connectivity index (χ1n) is 7.29. The fourth-order valence-corrected chi connectivity index (χ4v) is 2.97. The van der Waals surface area contributed by atoms with Gasteiger partial charge in [0.15, 0.2) is 5.78 Å². The number of Topliss-reactive ketones (excluding diaryl/α,β-unsaturated/α-hetero) is 1. The predicted molar refractivity (Wildman–Crippen MR) is 86.4 cm³/mol. The molecule has 2 aromatic heterocycles. The first-order valence-corrected chi connectivity index (χ1v) is 8.27. The van der Waals surface area contributed by atoms with Gasteiger partial charge in [0.2, 0.25) is 5.91 Å². The molecule has 2 heterocycles. The Morgan fingerprint density at radius 2 is 2.17 bits per heavy atom. The molecule has 0 bridgehead atoms. The summed E-state index contributed by atoms with van der Waals surface area (Å²) in [5, 5.41) is 18.1. The van der Waals surface area contributed by atoms with Crippen LogP contribution in [-0.2, 0) is 11.3 Å². The van der Waals surface area contributed by atoms with Crippen molar-refractivity contribution in [2.24, 2.45) is 0 Å². The lowest BCUT2D eigenvalue weighted by atomic mass is 10.1. The van der Waals surface area contributed by atoms with Crippen molar-refractivity contribution in [1.29, 1.82) is 0 Å². The number of H-pyrrole nitrogens is 1. The highest BCUT2D eigenvalue weighted by Crippen LogP contribution is 2.14. The smallest absolute Gasteiger partial charge is 0.221 e. The number of carbonyl (C=O) groups excluding carboxylic acids is 2. The maximum Gasteiger partial charge on any atom is 0.221 e. The van der Waals surface area contributed by atoms with E-state index < -0.39 is 0 Å². The summed E-state index contributed by atoms with van der Waals surface area (Å²) in [6.45, 7) is 6.21. The van der Waals surface area contributed by atoms with Crippen LogP contribution in [-0.4, -0.2) is 49.2 Å². The maximum atomic E-state index is 11.9. The SMILES string of the molecule is CC(=O)c1c(C)nn(CCC(=O)NCCSc2cn[nH]n2)c1C. The van der Waals surface area contributed by atoms with E-state index in [2.05, 4.69) is 25.8 Å². The van der Waals surface area contributed by atoms with Crippen LogP contribution in [0.25, 0.3) is 0 Å². The van der Waals surface area contributed by atoms with Crippen molar-refractivity contribution in [3.8, 4) is 0 Å². The van der Waals surface area contributed by atoms with E-state index in [-0.39, 0.29) is 11.7 Å². The van der Waals surface area contributed by atoms with Gasteiger partial charge in [0.05, 0.1) is 17.5 Å². The highest BCUT2D eigenvalue weighted by Gasteiger charge is 2.15. The van der Waals surface area contributed by atoms with Crippen LogP contribution in [0, 0.1) is 13.8 Å². The van der Waals surface area contributed by atoms with Gasteiger partial charge in [-0.2, -0.15) is 15.4 Å². The number of nitrogens with zero attached hydrogens (tertiary/aromatic N) is 4. The molecule has 9 heteroatoms. The molecular weight excluding hydrogens is 316 g/mol. The molecule has 0 radical (unpaired) electrons. The lowest BCUT2D eigenvalue weighted by molar-refractivity contribution is -0.121. The van der Waals surface area contributed by atoms with Crippen molar-refractivity contribution in [3.63, 3.8) is 0 Å². The van der Waals surface area contributed by atoms with Crippen LogP contribution < -0.4 is 5.32 Å². The molecule has 0 spiro atoms. The van der Waals surface area contributed by atoms with E-state index in [4.69, 9.17) is 0 Å². The summed E-state index contributed by atoms with van der Waals surface area (Å²) in [4.78, 5) is 23.4. The average Bonchev–Trinajstić information content (AvgIpc) is 3.09. The monoisotopic (exact) mass is 336 g/mol. The fourth-order valence-electron chi connectivity index (χ4n) is 2.33. The Kier molecular flexibility index (Phi) is 5.91. The van der Waals surface area contributed by atoms with Crippen LogP contribution in [0.5, 0.6) is 0 Å². The molecule has 2 aromatic rings. The van der Waals surface area contributed by atoms with Crippen LogP contribution in [0.4, 0.5) is 0 Å². The second-order valence-corrected chi connectivity index (χ2v) is 6.20. The molecule has 2 rings (SSSR count). The van der Waals surface area contributed by atoms with Gasteiger partial charge in [-0.05, 0) is 20.8 Å². The highest BCUT2D eigenvalue weighted by molar-refractivity contribution is 7.99. The average molecular weight is 336 g/mol. The molecule has 0 fully saturated rings. The van der Waals surface area contributed by atoms with E-state index in [0.29, 0.717) is 30.8 Å². The normalized spacial score (nSPS) is 10.7. The quantitative estimate of drug-likeness (QED) is 0.425. The van der Waals surface area contributed by atoms with Crippen molar-refractivity contribution < 1.29 is 9.59 Å². The number of nitrogens with one attached hydrogen (secondary N) is 2. The van der Waals surface area contributed by atoms with Crippen LogP contribution in [0.2, 0.25) is 0 Å². The number of hydrogen-bond donors (Lipinski definition) is 2. The van der Waals surface area contributed by atoms with Gasteiger partial charge >= 0.3 is 0 Å². The first kappa shape index (κ1) is 17.2. The van der Waals surface area contributed by atoms with Crippen molar-refractivity contribution in [2.75, 3.05) is 12.3 Å². The minimum Gasteiger partial charge on any atom is -0.355 e. The Morgan fingerprint density at radius 3 is 2.78 bits per heavy atom. The highest BCUT2D eigenvalue weighted by atomic mass is 32.2. The van der Waals surface area contributed by atoms with Crippen LogP contribution in [0.1, 0.15) is 35.1 Å². The van der Waals surface area contributed by atoms with Crippen LogP contribution in [0.3, 0.4) is 0 Å². The van der Waals surface area contributed by atoms with Gasteiger partial charge in [-0.25, -0.2) is 0 Å². The van der Waals surface area contributed by atoms with E-state index in [1.54, 1.807) is 17.8 Å². The predicted octanol–water partition coefficient (Wildman–Crippen LogP) is 1.12. The number of ketones is 1. The Morgan fingerprint density at radius 1 is 1.39 bits per heavy atom. The third kappa shape index (κ3) is 4.65. The number of carbonyl (C=O) groups is 2. The standard InChI is InChI=1S/C14H20N6O2S/c1-9-14(11(3)21)10(2)20(18-9)6-4-12(22)15-5-7-23-13-8-16-19-17-13/h8H,4-7H2,1-3H3,(H,15,22)(H,16,17,19). The third-order valence-corrected chi connectivity index (χ3v) is 4.25. The summed E-state index contributed by atoms with van der Waals surface area (Å²) >= 11 is 1.52. The summed E-state index contributed by atoms with van der Waals surface area (Å²) in [7, 11) is 0. The van der Waals surface area contributed by atoms with E-state index in [1.807, 2.05) is 6.92 Å². The van der Waals surface area contributed by atoms with Crippen molar-refractivity contribution in [1.82, 2.24) is 30.5 Å². The summed E-state index contributed by atoms with van der Waals surface area (Å²) in [5.41, 5.74) is 2.17. The molecule has 0 aliphatic rings. The van der Waals surface area contributed by atoms with Crippen molar-refractivity contribution in [3.05, 3.63) is 23.1 Å². The zero-order valence-electron chi connectivity index (χ0n) is 13.4. The first-order chi connectivity index (χ1) is 11.0. The number of hydrogen-bond acceptors (Lipinski definition) is 6. The van der Waals surface area contributed by atoms with Crippen molar-refractivity contribution in [2.45, 2.75) is 38.8 Å². The molecule has 1 amide bonds. The molecule has 0 atom stereocenters. The number of amides is 1. The molecule has 23 heavy (non-hydrogen) atoms. The maximum absolute atomic E-state index is 11.9. The molecule has 0 aliphatic heterocycles. The van der Waals surface area contributed by atoms with Gasteiger partial charge in [0.25, 0.3) is 0 Å². The summed E-state index contributed by atoms with van der Waals surface area (Å²) < 4.78 is 1.72. The second-order valence-electron chi connectivity index (χ2n) is 5.08. The molecule has 124 valence electrons. The van der Waals surface area contributed by atoms with E-state index >= 15 is 0 Å². The van der Waals surface area contributed by atoms with E-state index in [9.17, 15) is 9.59 Å². The van der Waals surface area contributed by atoms with Gasteiger partial charge in [-0.1, -0.05) is 0 Å². The van der Waals surface area contributed by atoms with Gasteiger partial charge in [0, 0.05) is 31.0 Å². The molecule has 8 nitrogen and oxygen atoms in total. The molecule has 0 aromatic carbocycles. The molecular formula is C14H20N6O2S. The molecule has 2 N–H and O–H groups in total. The fraction of sp³-hybridized carbons (Fsp3) is 0.500. The number of thioether (sulfide) groups is 1. The van der Waals surface area contributed by atoms with Crippen LogP contribution >= 0.6 is 11.8 Å². The molecule has 0 saturated heterocycles. The number of aryl methyl sites for hydroxylation is 2. The largest absolute Gasteiger partial charge is 0.355 e. The Hall–Kier alpha value is -2.16. The summed E-state index contributed by atoms with van der Waals surface area (Å²) in [6.07, 6.45) is 1.97. The minimum atomic E-state index is -0.0392. The number of rotatable bonds is 8. The lowest BCUT2D eigenvalue weighted by Gasteiger charge is -2.06. The minimum absolute atomic E-state index is 0.000539. The summed E-state index contributed by atoms with van der Waals surface area (Å²) in [5.74, 6) is 0.690. The summed E-state index contributed by atoms with van der Waals surface area (Å²) in [6, 6.07) is 0. The lowest BCUT2D eigenvalue weighted by Crippen LogP contribution is -2.27. The second kappa shape index (κ2) is 7.91. The number of aromatic amines is 1. The van der Waals surface area contributed by atoms with Gasteiger partial charge in [-0.15, -0.1) is 16.9 Å². The Bertz CT molecular complexity index is 680. The zero-order chi connectivity index (χ0) is 16.8. The van der Waals surface area contributed by atoms with E-state index in [1.165, 1.54) is 18.7 Å². The Labute approximate surface area is 138 Å². The van der Waals surface area contributed by atoms with E-state index in [0.717, 1.165) is 16.5 Å². The topological polar surface area (TPSA) is 106 Å². The van der Waals surface area contributed by atoms with Gasteiger partial charge in [-0.3, -0.25) is 14.3 Å². The Balaban J connectivity index is 1.74. The molecule has 0 unspecified atom stereocenters.